The number of hydrogen-bond acceptors (Lipinski definition) is 7. The average molecular weight is 365 g/mol. The molecule has 0 aliphatic carbocycles. The SMILES string of the molecule is COc1ccc(COc2cc(-c3n[nH]c(C)c3C=CC=O)nc(N)n2)cc1. The lowest BCUT2D eigenvalue weighted by Crippen LogP contribution is -2.03. The third-order valence-electron chi connectivity index (χ3n) is 3.84. The molecule has 27 heavy (non-hydrogen) atoms. The minimum absolute atomic E-state index is 0.0724. The molecular weight excluding hydrogens is 346 g/mol. The summed E-state index contributed by atoms with van der Waals surface area (Å²) in [6.07, 6.45) is 3.76. The summed E-state index contributed by atoms with van der Waals surface area (Å²) in [5.41, 5.74) is 9.41. The van der Waals surface area contributed by atoms with E-state index in [-0.39, 0.29) is 5.95 Å². The molecule has 0 aliphatic heterocycles. The van der Waals surface area contributed by atoms with E-state index in [9.17, 15) is 4.79 Å². The number of aldehydes is 1. The molecule has 138 valence electrons. The van der Waals surface area contributed by atoms with Crippen molar-refractivity contribution in [3.8, 4) is 23.0 Å². The number of nitrogen functional groups attached to an aromatic ring is 1. The number of aromatic nitrogens is 4. The molecule has 3 rings (SSSR count). The van der Waals surface area contributed by atoms with Gasteiger partial charge in [0, 0.05) is 17.3 Å². The summed E-state index contributed by atoms with van der Waals surface area (Å²) >= 11 is 0. The first-order valence-corrected chi connectivity index (χ1v) is 8.18. The highest BCUT2D eigenvalue weighted by Crippen LogP contribution is 2.26. The number of nitrogens with one attached hydrogen (secondary N) is 1. The number of benzene rings is 1. The smallest absolute Gasteiger partial charge is 0.223 e. The maximum absolute atomic E-state index is 10.6. The summed E-state index contributed by atoms with van der Waals surface area (Å²) in [5, 5.41) is 7.13. The number of nitrogens with zero attached hydrogens (tertiary/aromatic N) is 3. The third kappa shape index (κ3) is 4.30. The van der Waals surface area contributed by atoms with Gasteiger partial charge in [0.15, 0.2) is 0 Å². The summed E-state index contributed by atoms with van der Waals surface area (Å²) in [6, 6.07) is 9.19. The number of carbonyl (C=O) groups is 1. The van der Waals surface area contributed by atoms with E-state index >= 15 is 0 Å². The monoisotopic (exact) mass is 365 g/mol. The van der Waals surface area contributed by atoms with E-state index in [1.165, 1.54) is 6.08 Å². The Morgan fingerprint density at radius 1 is 1.22 bits per heavy atom. The van der Waals surface area contributed by atoms with Crippen molar-refractivity contribution in [1.29, 1.82) is 0 Å². The summed E-state index contributed by atoms with van der Waals surface area (Å²) in [4.78, 5) is 19.0. The zero-order valence-electron chi connectivity index (χ0n) is 15.0. The molecule has 0 radical (unpaired) electrons. The molecule has 0 fully saturated rings. The van der Waals surface area contributed by atoms with Crippen LogP contribution in [-0.4, -0.2) is 33.6 Å². The molecule has 0 unspecified atom stereocenters. The topological polar surface area (TPSA) is 116 Å². The van der Waals surface area contributed by atoms with E-state index in [1.54, 1.807) is 19.3 Å². The fourth-order valence-corrected chi connectivity index (χ4v) is 2.49. The highest BCUT2D eigenvalue weighted by Gasteiger charge is 2.14. The van der Waals surface area contributed by atoms with Crippen molar-refractivity contribution in [3.05, 3.63) is 53.2 Å². The van der Waals surface area contributed by atoms with Gasteiger partial charge in [-0.1, -0.05) is 12.1 Å². The van der Waals surface area contributed by atoms with Crippen LogP contribution in [0.3, 0.4) is 0 Å². The highest BCUT2D eigenvalue weighted by molar-refractivity contribution is 5.79. The Bertz CT molecular complexity index is 964. The van der Waals surface area contributed by atoms with E-state index in [0.29, 0.717) is 30.2 Å². The minimum atomic E-state index is 0.0724. The van der Waals surface area contributed by atoms with Gasteiger partial charge in [0.05, 0.1) is 7.11 Å². The fourth-order valence-electron chi connectivity index (χ4n) is 2.49. The zero-order chi connectivity index (χ0) is 19.2. The molecule has 0 saturated heterocycles. The van der Waals surface area contributed by atoms with Gasteiger partial charge in [0.2, 0.25) is 11.8 Å². The van der Waals surface area contributed by atoms with Gasteiger partial charge in [-0.15, -0.1) is 0 Å². The summed E-state index contributed by atoms with van der Waals surface area (Å²) in [7, 11) is 1.62. The number of carbonyl (C=O) groups excluding carboxylic acids is 1. The Morgan fingerprint density at radius 2 is 2.00 bits per heavy atom. The maximum Gasteiger partial charge on any atom is 0.223 e. The molecule has 0 bridgehead atoms. The predicted octanol–water partition coefficient (Wildman–Crippen LogP) is 2.56. The van der Waals surface area contributed by atoms with Crippen LogP contribution in [0, 0.1) is 6.92 Å². The van der Waals surface area contributed by atoms with Crippen molar-refractivity contribution in [3.63, 3.8) is 0 Å². The molecule has 2 heterocycles. The van der Waals surface area contributed by atoms with Crippen LogP contribution in [0.15, 0.2) is 36.4 Å². The normalized spacial score (nSPS) is 10.9. The molecule has 3 N–H and O–H groups in total. The number of nitrogens with two attached hydrogens (primary N) is 1. The van der Waals surface area contributed by atoms with Crippen LogP contribution >= 0.6 is 0 Å². The van der Waals surface area contributed by atoms with E-state index in [1.807, 2.05) is 31.2 Å². The average Bonchev–Trinajstić information content (AvgIpc) is 3.05. The zero-order valence-corrected chi connectivity index (χ0v) is 15.0. The molecule has 3 aromatic rings. The third-order valence-corrected chi connectivity index (χ3v) is 3.84. The molecule has 0 spiro atoms. The van der Waals surface area contributed by atoms with Crippen LogP contribution in [0.2, 0.25) is 0 Å². The van der Waals surface area contributed by atoms with Crippen molar-refractivity contribution >= 4 is 18.3 Å². The molecular formula is C19H19N5O3. The van der Waals surface area contributed by atoms with Gasteiger partial charge in [-0.3, -0.25) is 9.89 Å². The number of H-pyrrole nitrogens is 1. The summed E-state index contributed by atoms with van der Waals surface area (Å²) in [6.45, 7) is 2.17. The first kappa shape index (κ1) is 18.1. The Kier molecular flexibility index (Phi) is 5.46. The van der Waals surface area contributed by atoms with Gasteiger partial charge in [0.25, 0.3) is 0 Å². The van der Waals surface area contributed by atoms with Gasteiger partial charge in [0.1, 0.15) is 30.0 Å². The first-order chi connectivity index (χ1) is 13.1. The van der Waals surface area contributed by atoms with Gasteiger partial charge >= 0.3 is 0 Å². The highest BCUT2D eigenvalue weighted by atomic mass is 16.5. The van der Waals surface area contributed by atoms with Crippen molar-refractivity contribution in [2.24, 2.45) is 0 Å². The van der Waals surface area contributed by atoms with E-state index < -0.39 is 0 Å². The van der Waals surface area contributed by atoms with Crippen molar-refractivity contribution in [2.45, 2.75) is 13.5 Å². The fraction of sp³-hybridized carbons (Fsp3) is 0.158. The van der Waals surface area contributed by atoms with Gasteiger partial charge in [-0.2, -0.15) is 10.1 Å². The van der Waals surface area contributed by atoms with Crippen molar-refractivity contribution in [1.82, 2.24) is 20.2 Å². The van der Waals surface area contributed by atoms with Crippen LogP contribution in [0.5, 0.6) is 11.6 Å². The standard InChI is InChI=1S/C19H19N5O3/c1-12-15(4-3-9-25)18(24-23-12)16-10-17(22-19(20)21-16)27-11-13-5-7-14(26-2)8-6-13/h3-10H,11H2,1-2H3,(H,23,24)(H2,20,21,22). The predicted molar refractivity (Wildman–Crippen MR) is 101 cm³/mol. The number of methoxy groups -OCH3 is 1. The van der Waals surface area contributed by atoms with Crippen LogP contribution in [0.25, 0.3) is 17.5 Å². The lowest BCUT2D eigenvalue weighted by Gasteiger charge is -2.08. The molecule has 0 saturated carbocycles. The minimum Gasteiger partial charge on any atom is -0.497 e. The second-order valence-electron chi connectivity index (χ2n) is 5.69. The van der Waals surface area contributed by atoms with Crippen LogP contribution < -0.4 is 15.2 Å². The number of rotatable bonds is 7. The Hall–Kier alpha value is -3.68. The lowest BCUT2D eigenvalue weighted by atomic mass is 10.1. The second kappa shape index (κ2) is 8.13. The molecule has 0 amide bonds. The van der Waals surface area contributed by atoms with Gasteiger partial charge in [-0.25, -0.2) is 4.98 Å². The number of anilines is 1. The Balaban J connectivity index is 1.84. The molecule has 2 aromatic heterocycles. The molecule has 8 nitrogen and oxygen atoms in total. The number of hydrogen-bond donors (Lipinski definition) is 2. The van der Waals surface area contributed by atoms with Gasteiger partial charge < -0.3 is 15.2 Å². The first-order valence-electron chi connectivity index (χ1n) is 8.18. The van der Waals surface area contributed by atoms with Crippen LogP contribution in [-0.2, 0) is 11.4 Å². The summed E-state index contributed by atoms with van der Waals surface area (Å²) < 4.78 is 10.9. The van der Waals surface area contributed by atoms with Crippen molar-refractivity contribution < 1.29 is 14.3 Å². The number of allylic oxidation sites excluding steroid dienone is 1. The molecule has 0 atom stereocenters. The maximum atomic E-state index is 10.6. The van der Waals surface area contributed by atoms with E-state index in [0.717, 1.165) is 22.6 Å². The van der Waals surface area contributed by atoms with E-state index in [4.69, 9.17) is 15.2 Å². The van der Waals surface area contributed by atoms with E-state index in [2.05, 4.69) is 20.2 Å². The second-order valence-corrected chi connectivity index (χ2v) is 5.69. The number of aryl methyl sites for hydroxylation is 1. The Morgan fingerprint density at radius 3 is 2.70 bits per heavy atom. The lowest BCUT2D eigenvalue weighted by molar-refractivity contribution is -0.104. The molecule has 8 heteroatoms. The van der Waals surface area contributed by atoms with Crippen molar-refractivity contribution in [2.75, 3.05) is 12.8 Å². The number of ether oxygens (including phenoxy) is 2. The Labute approximate surface area is 156 Å². The molecule has 1 aromatic carbocycles. The van der Waals surface area contributed by atoms with Crippen LogP contribution in [0.1, 0.15) is 16.8 Å². The van der Waals surface area contributed by atoms with Gasteiger partial charge in [-0.05, 0) is 36.8 Å². The largest absolute Gasteiger partial charge is 0.497 e. The summed E-state index contributed by atoms with van der Waals surface area (Å²) in [5.74, 6) is 1.18. The molecule has 0 aliphatic rings. The number of aromatic amines is 1. The quantitative estimate of drug-likeness (QED) is 0.488. The van der Waals surface area contributed by atoms with Crippen LogP contribution in [0.4, 0.5) is 5.95 Å².